The van der Waals surface area contributed by atoms with Crippen LogP contribution in [0.2, 0.25) is 0 Å². The SMILES string of the molecule is CCN(C)CCNC(=O)C1CC(=O)N(c2ccc(SC)cc2)C1. The molecule has 2 amide bonds. The molecule has 1 heterocycles. The van der Waals surface area contributed by atoms with Gasteiger partial charge in [0, 0.05) is 36.6 Å². The van der Waals surface area contributed by atoms with Crippen LogP contribution in [0.1, 0.15) is 13.3 Å². The molecule has 0 saturated carbocycles. The standard InChI is InChI=1S/C17H25N3O2S/c1-4-19(2)10-9-18-17(22)13-11-16(21)20(12-13)14-5-7-15(23-3)8-6-14/h5-8,13H,4,9-12H2,1-3H3,(H,18,22). The Bertz CT molecular complexity index is 547. The molecular weight excluding hydrogens is 310 g/mol. The van der Waals surface area contributed by atoms with Crippen LogP contribution >= 0.6 is 11.8 Å². The highest BCUT2D eigenvalue weighted by molar-refractivity contribution is 7.98. The summed E-state index contributed by atoms with van der Waals surface area (Å²) >= 11 is 1.67. The molecule has 1 unspecified atom stereocenters. The number of thioether (sulfide) groups is 1. The van der Waals surface area contributed by atoms with Gasteiger partial charge in [-0.25, -0.2) is 0 Å². The third-order valence-corrected chi connectivity index (χ3v) is 4.96. The van der Waals surface area contributed by atoms with E-state index in [-0.39, 0.29) is 17.7 Å². The number of hydrogen-bond acceptors (Lipinski definition) is 4. The van der Waals surface area contributed by atoms with Crippen molar-refractivity contribution < 1.29 is 9.59 Å². The molecule has 1 N–H and O–H groups in total. The maximum Gasteiger partial charge on any atom is 0.227 e. The predicted molar refractivity (Wildman–Crippen MR) is 94.9 cm³/mol. The van der Waals surface area contributed by atoms with E-state index in [1.54, 1.807) is 16.7 Å². The van der Waals surface area contributed by atoms with Crippen molar-refractivity contribution in [1.29, 1.82) is 0 Å². The second kappa shape index (κ2) is 8.36. The summed E-state index contributed by atoms with van der Waals surface area (Å²) in [5, 5.41) is 2.94. The van der Waals surface area contributed by atoms with E-state index in [0.717, 1.165) is 23.7 Å². The van der Waals surface area contributed by atoms with Gasteiger partial charge in [0.2, 0.25) is 11.8 Å². The molecule has 23 heavy (non-hydrogen) atoms. The van der Waals surface area contributed by atoms with Gasteiger partial charge < -0.3 is 15.1 Å². The second-order valence-electron chi connectivity index (χ2n) is 5.79. The third-order valence-electron chi connectivity index (χ3n) is 4.21. The number of carbonyl (C=O) groups is 2. The molecule has 0 aromatic heterocycles. The number of anilines is 1. The number of benzene rings is 1. The normalized spacial score (nSPS) is 17.8. The number of carbonyl (C=O) groups excluding carboxylic acids is 2. The topological polar surface area (TPSA) is 52.7 Å². The van der Waals surface area contributed by atoms with E-state index < -0.39 is 0 Å². The predicted octanol–water partition coefficient (Wildman–Crippen LogP) is 1.83. The van der Waals surface area contributed by atoms with Crippen LogP contribution in [0.25, 0.3) is 0 Å². The van der Waals surface area contributed by atoms with Gasteiger partial charge in [-0.2, -0.15) is 0 Å². The van der Waals surface area contributed by atoms with Gasteiger partial charge in [-0.15, -0.1) is 11.8 Å². The minimum Gasteiger partial charge on any atom is -0.355 e. The van der Waals surface area contributed by atoms with Crippen LogP contribution in [0.15, 0.2) is 29.2 Å². The monoisotopic (exact) mass is 335 g/mol. The van der Waals surface area contributed by atoms with Gasteiger partial charge in [-0.1, -0.05) is 6.92 Å². The van der Waals surface area contributed by atoms with Crippen LogP contribution < -0.4 is 10.2 Å². The third kappa shape index (κ3) is 4.72. The van der Waals surface area contributed by atoms with Gasteiger partial charge >= 0.3 is 0 Å². The molecule has 1 aromatic rings. The van der Waals surface area contributed by atoms with Crippen molar-refractivity contribution in [2.75, 3.05) is 44.4 Å². The molecule has 1 aromatic carbocycles. The highest BCUT2D eigenvalue weighted by Crippen LogP contribution is 2.27. The van der Waals surface area contributed by atoms with Crippen molar-refractivity contribution in [3.05, 3.63) is 24.3 Å². The zero-order valence-electron chi connectivity index (χ0n) is 14.0. The quantitative estimate of drug-likeness (QED) is 0.773. The Labute approximate surface area is 142 Å². The van der Waals surface area contributed by atoms with Crippen molar-refractivity contribution >= 4 is 29.3 Å². The molecule has 0 spiro atoms. The first-order valence-corrected chi connectivity index (χ1v) is 9.18. The Morgan fingerprint density at radius 1 is 1.39 bits per heavy atom. The Balaban J connectivity index is 1.89. The summed E-state index contributed by atoms with van der Waals surface area (Å²) in [7, 11) is 2.02. The lowest BCUT2D eigenvalue weighted by Gasteiger charge is -2.18. The van der Waals surface area contributed by atoms with Crippen LogP contribution in [0.5, 0.6) is 0 Å². The molecule has 5 nitrogen and oxygen atoms in total. The van der Waals surface area contributed by atoms with Gasteiger partial charge in [0.1, 0.15) is 0 Å². The average molecular weight is 335 g/mol. The van der Waals surface area contributed by atoms with Crippen LogP contribution in [0.4, 0.5) is 5.69 Å². The van der Waals surface area contributed by atoms with Crippen LogP contribution in [0.3, 0.4) is 0 Å². The van der Waals surface area contributed by atoms with Crippen LogP contribution in [0, 0.1) is 5.92 Å². The van der Waals surface area contributed by atoms with Crippen molar-refractivity contribution in [2.24, 2.45) is 5.92 Å². The summed E-state index contributed by atoms with van der Waals surface area (Å²) in [6, 6.07) is 7.89. The fraction of sp³-hybridized carbons (Fsp3) is 0.529. The molecule has 1 fully saturated rings. The molecule has 126 valence electrons. The van der Waals surface area contributed by atoms with Gasteiger partial charge in [0.05, 0.1) is 5.92 Å². The molecule has 0 aliphatic carbocycles. The van der Waals surface area contributed by atoms with Gasteiger partial charge in [-0.3, -0.25) is 9.59 Å². The first-order valence-electron chi connectivity index (χ1n) is 7.95. The van der Waals surface area contributed by atoms with Gasteiger partial charge in [-0.05, 0) is 44.1 Å². The molecule has 2 rings (SSSR count). The molecule has 0 radical (unpaired) electrons. The Kier molecular flexibility index (Phi) is 6.47. The van der Waals surface area contributed by atoms with Crippen LogP contribution in [-0.4, -0.2) is 56.2 Å². The summed E-state index contributed by atoms with van der Waals surface area (Å²) in [5.41, 5.74) is 0.869. The van der Waals surface area contributed by atoms with Crippen molar-refractivity contribution in [3.8, 4) is 0 Å². The van der Waals surface area contributed by atoms with E-state index in [0.29, 0.717) is 19.5 Å². The smallest absolute Gasteiger partial charge is 0.227 e. The van der Waals surface area contributed by atoms with E-state index in [9.17, 15) is 9.59 Å². The minimum absolute atomic E-state index is 0.0210. The van der Waals surface area contributed by atoms with E-state index in [2.05, 4.69) is 17.1 Å². The largest absolute Gasteiger partial charge is 0.355 e. The first-order chi connectivity index (χ1) is 11.0. The molecule has 6 heteroatoms. The van der Waals surface area contributed by atoms with E-state index in [4.69, 9.17) is 0 Å². The minimum atomic E-state index is -0.255. The number of hydrogen-bond donors (Lipinski definition) is 1. The first kappa shape index (κ1) is 17.8. The second-order valence-corrected chi connectivity index (χ2v) is 6.67. The van der Waals surface area contributed by atoms with E-state index >= 15 is 0 Å². The summed E-state index contributed by atoms with van der Waals surface area (Å²) < 4.78 is 0. The molecule has 1 aliphatic heterocycles. The summed E-state index contributed by atoms with van der Waals surface area (Å²) in [5.74, 6) is -0.256. The molecular formula is C17H25N3O2S. The Morgan fingerprint density at radius 3 is 2.70 bits per heavy atom. The van der Waals surface area contributed by atoms with Crippen molar-refractivity contribution in [1.82, 2.24) is 10.2 Å². The average Bonchev–Trinajstić information content (AvgIpc) is 2.96. The number of rotatable bonds is 7. The summed E-state index contributed by atoms with van der Waals surface area (Å²) in [4.78, 5) is 29.4. The van der Waals surface area contributed by atoms with E-state index in [1.807, 2.05) is 37.6 Å². The van der Waals surface area contributed by atoms with Gasteiger partial charge in [0.25, 0.3) is 0 Å². The van der Waals surface area contributed by atoms with Gasteiger partial charge in [0.15, 0.2) is 0 Å². The zero-order chi connectivity index (χ0) is 16.8. The highest BCUT2D eigenvalue weighted by Gasteiger charge is 2.34. The Morgan fingerprint density at radius 2 is 2.09 bits per heavy atom. The number of nitrogens with zero attached hydrogens (tertiary/aromatic N) is 2. The number of likely N-dealkylation sites (N-methyl/N-ethyl adjacent to an activating group) is 1. The fourth-order valence-electron chi connectivity index (χ4n) is 2.57. The number of nitrogens with one attached hydrogen (secondary N) is 1. The van der Waals surface area contributed by atoms with Crippen molar-refractivity contribution in [3.63, 3.8) is 0 Å². The van der Waals surface area contributed by atoms with E-state index in [1.165, 1.54) is 0 Å². The maximum absolute atomic E-state index is 12.2. The summed E-state index contributed by atoms with van der Waals surface area (Å²) in [6.45, 7) is 4.95. The lowest BCUT2D eigenvalue weighted by Crippen LogP contribution is -2.37. The molecule has 1 saturated heterocycles. The fourth-order valence-corrected chi connectivity index (χ4v) is 2.98. The van der Waals surface area contributed by atoms with Crippen LogP contribution in [-0.2, 0) is 9.59 Å². The number of amides is 2. The zero-order valence-corrected chi connectivity index (χ0v) is 14.9. The lowest BCUT2D eigenvalue weighted by atomic mass is 10.1. The summed E-state index contributed by atoms with van der Waals surface area (Å²) in [6.07, 6.45) is 2.31. The highest BCUT2D eigenvalue weighted by atomic mass is 32.2. The molecule has 1 atom stereocenters. The maximum atomic E-state index is 12.2. The molecule has 0 bridgehead atoms. The Hall–Kier alpha value is -1.53. The lowest BCUT2D eigenvalue weighted by molar-refractivity contribution is -0.126. The van der Waals surface area contributed by atoms with Crippen molar-refractivity contribution in [2.45, 2.75) is 18.2 Å². The molecule has 1 aliphatic rings.